The second-order valence-corrected chi connectivity index (χ2v) is 4.06. The van der Waals surface area contributed by atoms with E-state index in [-0.39, 0.29) is 18.5 Å². The number of aliphatic hydroxyl groups is 1. The number of esters is 1. The van der Waals surface area contributed by atoms with Crippen LogP contribution in [0.25, 0.3) is 0 Å². The number of cyclic esters (lactones) is 1. The summed E-state index contributed by atoms with van der Waals surface area (Å²) in [5.74, 6) is 0.326. The van der Waals surface area contributed by atoms with Gasteiger partial charge in [-0.1, -0.05) is 6.58 Å². The fourth-order valence-corrected chi connectivity index (χ4v) is 1.77. The summed E-state index contributed by atoms with van der Waals surface area (Å²) in [7, 11) is 0. The van der Waals surface area contributed by atoms with Crippen molar-refractivity contribution in [2.24, 2.45) is 5.92 Å². The second-order valence-electron chi connectivity index (χ2n) is 3.08. The lowest BCUT2D eigenvalue weighted by Crippen LogP contribution is -2.22. The molecule has 1 saturated heterocycles. The summed E-state index contributed by atoms with van der Waals surface area (Å²) < 4.78 is 4.77. The first-order valence-corrected chi connectivity index (χ1v) is 5.59. The molecule has 0 unspecified atom stereocenters. The summed E-state index contributed by atoms with van der Waals surface area (Å²) in [5.41, 5.74) is 0.411. The van der Waals surface area contributed by atoms with Gasteiger partial charge in [-0.05, 0) is 18.4 Å². The Balaban J connectivity index is 2.43. The average Bonchev–Trinajstić information content (AvgIpc) is 2.44. The number of hydrogen-bond acceptors (Lipinski definition) is 4. The maximum atomic E-state index is 10.9. The van der Waals surface area contributed by atoms with Gasteiger partial charge in [0.1, 0.15) is 6.61 Å². The second kappa shape index (κ2) is 4.67. The quantitative estimate of drug-likeness (QED) is 0.542. The number of thioether (sulfide) groups is 1. The Bertz CT molecular complexity index is 215. The average molecular weight is 202 g/mol. The Kier molecular flexibility index (Phi) is 3.81. The number of ether oxygens (including phenoxy) is 1. The largest absolute Gasteiger partial charge is 0.462 e. The van der Waals surface area contributed by atoms with Crippen LogP contribution in [0.1, 0.15) is 6.42 Å². The van der Waals surface area contributed by atoms with Gasteiger partial charge in [-0.25, -0.2) is 4.79 Å². The van der Waals surface area contributed by atoms with Crippen molar-refractivity contribution in [1.82, 2.24) is 0 Å². The van der Waals surface area contributed by atoms with E-state index in [2.05, 4.69) is 6.58 Å². The molecule has 0 saturated carbocycles. The Morgan fingerprint density at radius 1 is 1.85 bits per heavy atom. The lowest BCUT2D eigenvalue weighted by Gasteiger charge is -2.14. The van der Waals surface area contributed by atoms with Gasteiger partial charge in [0.25, 0.3) is 0 Å². The van der Waals surface area contributed by atoms with Gasteiger partial charge < -0.3 is 9.84 Å². The highest BCUT2D eigenvalue weighted by atomic mass is 32.2. The first-order chi connectivity index (χ1) is 6.16. The third-order valence-electron chi connectivity index (χ3n) is 2.19. The van der Waals surface area contributed by atoms with E-state index >= 15 is 0 Å². The third kappa shape index (κ3) is 2.48. The highest BCUT2D eigenvalue weighted by Crippen LogP contribution is 2.24. The van der Waals surface area contributed by atoms with Crippen molar-refractivity contribution in [2.45, 2.75) is 12.5 Å². The smallest absolute Gasteiger partial charge is 0.333 e. The molecular weight excluding hydrogens is 188 g/mol. The summed E-state index contributed by atoms with van der Waals surface area (Å²) in [6, 6.07) is 0. The van der Waals surface area contributed by atoms with Crippen molar-refractivity contribution < 1.29 is 14.6 Å². The molecule has 0 radical (unpaired) electrons. The Labute approximate surface area is 82.2 Å². The van der Waals surface area contributed by atoms with Crippen LogP contribution in [0, 0.1) is 5.92 Å². The molecule has 2 atom stereocenters. The van der Waals surface area contributed by atoms with E-state index in [1.165, 1.54) is 0 Å². The Morgan fingerprint density at radius 3 is 3.00 bits per heavy atom. The van der Waals surface area contributed by atoms with Gasteiger partial charge in [-0.15, -0.1) is 0 Å². The van der Waals surface area contributed by atoms with Crippen LogP contribution >= 0.6 is 11.8 Å². The zero-order valence-corrected chi connectivity index (χ0v) is 8.47. The molecule has 13 heavy (non-hydrogen) atoms. The van der Waals surface area contributed by atoms with Gasteiger partial charge in [0.15, 0.2) is 0 Å². The predicted molar refractivity (Wildman–Crippen MR) is 52.6 cm³/mol. The molecule has 4 heteroatoms. The fourth-order valence-electron chi connectivity index (χ4n) is 1.29. The van der Waals surface area contributed by atoms with E-state index < -0.39 is 6.10 Å². The van der Waals surface area contributed by atoms with Crippen LogP contribution in [-0.4, -0.2) is 35.8 Å². The summed E-state index contributed by atoms with van der Waals surface area (Å²) >= 11 is 1.68. The van der Waals surface area contributed by atoms with E-state index in [0.29, 0.717) is 12.0 Å². The van der Waals surface area contributed by atoms with Crippen molar-refractivity contribution in [1.29, 1.82) is 0 Å². The van der Waals surface area contributed by atoms with Gasteiger partial charge >= 0.3 is 5.97 Å². The standard InChI is InChI=1S/C9H14O3S/c1-6-7(5-12-9(6)11)8(10)3-4-13-2/h7-8,10H,1,3-5H2,2H3/t7-,8+/m1/s1. The molecule has 3 nitrogen and oxygen atoms in total. The van der Waals surface area contributed by atoms with Crippen LogP contribution < -0.4 is 0 Å². The minimum Gasteiger partial charge on any atom is -0.462 e. The fraction of sp³-hybridized carbons (Fsp3) is 0.667. The van der Waals surface area contributed by atoms with Gasteiger partial charge in [0.2, 0.25) is 0 Å². The maximum Gasteiger partial charge on any atom is 0.333 e. The molecule has 1 N–H and O–H groups in total. The molecule has 0 aromatic carbocycles. The van der Waals surface area contributed by atoms with Gasteiger partial charge in [0.05, 0.1) is 12.0 Å². The van der Waals surface area contributed by atoms with Gasteiger partial charge in [0, 0.05) is 5.57 Å². The summed E-state index contributed by atoms with van der Waals surface area (Å²) in [5, 5.41) is 9.66. The summed E-state index contributed by atoms with van der Waals surface area (Å²) in [6.07, 6.45) is 2.17. The number of hydrogen-bond donors (Lipinski definition) is 1. The molecule has 0 amide bonds. The first-order valence-electron chi connectivity index (χ1n) is 4.19. The highest BCUT2D eigenvalue weighted by Gasteiger charge is 2.33. The molecule has 1 fully saturated rings. The van der Waals surface area contributed by atoms with E-state index in [1.807, 2.05) is 6.26 Å². The van der Waals surface area contributed by atoms with Crippen LogP contribution in [0.2, 0.25) is 0 Å². The number of carbonyl (C=O) groups is 1. The first kappa shape index (κ1) is 10.6. The maximum absolute atomic E-state index is 10.9. The van der Waals surface area contributed by atoms with Crippen molar-refractivity contribution in [3.63, 3.8) is 0 Å². The zero-order valence-electron chi connectivity index (χ0n) is 7.66. The van der Waals surface area contributed by atoms with E-state index in [4.69, 9.17) is 4.74 Å². The van der Waals surface area contributed by atoms with Crippen molar-refractivity contribution in [2.75, 3.05) is 18.6 Å². The lowest BCUT2D eigenvalue weighted by molar-refractivity contribution is -0.135. The molecule has 0 aromatic heterocycles. The molecule has 0 bridgehead atoms. The molecule has 0 aromatic rings. The van der Waals surface area contributed by atoms with Crippen LogP contribution in [0.5, 0.6) is 0 Å². The van der Waals surface area contributed by atoms with Crippen LogP contribution in [0.3, 0.4) is 0 Å². The normalized spacial score (nSPS) is 24.6. The SMILES string of the molecule is C=C1C(=O)OC[C@H]1[C@@H](O)CCSC. The van der Waals surface area contributed by atoms with Gasteiger partial charge in [-0.2, -0.15) is 11.8 Å². The number of carbonyl (C=O) groups excluding carboxylic acids is 1. The Hall–Kier alpha value is -0.480. The molecule has 1 aliphatic heterocycles. The molecular formula is C9H14O3S. The zero-order chi connectivity index (χ0) is 9.84. The predicted octanol–water partition coefficient (Wildman–Crippen LogP) is 0.830. The Morgan fingerprint density at radius 2 is 2.54 bits per heavy atom. The van der Waals surface area contributed by atoms with Crippen LogP contribution in [0.15, 0.2) is 12.2 Å². The monoisotopic (exact) mass is 202 g/mol. The van der Waals surface area contributed by atoms with Gasteiger partial charge in [-0.3, -0.25) is 0 Å². The molecule has 74 valence electrons. The third-order valence-corrected chi connectivity index (χ3v) is 2.83. The summed E-state index contributed by atoms with van der Waals surface area (Å²) in [4.78, 5) is 10.9. The molecule has 1 aliphatic rings. The van der Waals surface area contributed by atoms with Crippen molar-refractivity contribution in [3.05, 3.63) is 12.2 Å². The topological polar surface area (TPSA) is 46.5 Å². The van der Waals surface area contributed by atoms with Crippen LogP contribution in [-0.2, 0) is 9.53 Å². The minimum absolute atomic E-state index is 0.195. The minimum atomic E-state index is -0.494. The van der Waals surface area contributed by atoms with E-state index in [1.54, 1.807) is 11.8 Å². The number of aliphatic hydroxyl groups excluding tert-OH is 1. The molecule has 0 spiro atoms. The van der Waals surface area contributed by atoms with E-state index in [9.17, 15) is 9.90 Å². The van der Waals surface area contributed by atoms with Crippen LogP contribution in [0.4, 0.5) is 0 Å². The molecule has 1 heterocycles. The highest BCUT2D eigenvalue weighted by molar-refractivity contribution is 7.98. The number of rotatable bonds is 4. The molecule has 1 rings (SSSR count). The van der Waals surface area contributed by atoms with Crippen molar-refractivity contribution in [3.8, 4) is 0 Å². The lowest BCUT2D eigenvalue weighted by atomic mass is 9.96. The van der Waals surface area contributed by atoms with Crippen molar-refractivity contribution >= 4 is 17.7 Å². The van der Waals surface area contributed by atoms with E-state index in [0.717, 1.165) is 5.75 Å². The summed E-state index contributed by atoms with van der Waals surface area (Å²) in [6.45, 7) is 3.89. The molecule has 0 aliphatic carbocycles.